The minimum absolute atomic E-state index is 0.156. The van der Waals surface area contributed by atoms with E-state index in [0.29, 0.717) is 5.69 Å². The summed E-state index contributed by atoms with van der Waals surface area (Å²) in [6.07, 6.45) is 0.883. The molecular formula is C16H15FN2O. The summed E-state index contributed by atoms with van der Waals surface area (Å²) in [5.41, 5.74) is 3.41. The van der Waals surface area contributed by atoms with Crippen LogP contribution in [0.3, 0.4) is 0 Å². The second kappa shape index (κ2) is 4.96. The first-order valence-electron chi connectivity index (χ1n) is 6.64. The molecule has 0 aliphatic carbocycles. The van der Waals surface area contributed by atoms with Crippen LogP contribution in [0.1, 0.15) is 24.1 Å². The molecule has 20 heavy (non-hydrogen) atoms. The summed E-state index contributed by atoms with van der Waals surface area (Å²) in [6.45, 7) is 2.07. The molecule has 3 nitrogen and oxygen atoms in total. The topological polar surface area (TPSA) is 41.1 Å². The summed E-state index contributed by atoms with van der Waals surface area (Å²) < 4.78 is 13.2. The standard InChI is InChI=1S/C16H15FN2O/c1-2-10-5-3-4-6-13(10)18-15-12-8-7-11(17)9-14(12)19-16(15)20/h3-9,15,18H,2H2,1H3,(H,19,20). The third kappa shape index (κ3) is 2.13. The van der Waals surface area contributed by atoms with Gasteiger partial charge in [-0.25, -0.2) is 4.39 Å². The molecule has 1 unspecified atom stereocenters. The van der Waals surface area contributed by atoms with Crippen molar-refractivity contribution in [2.45, 2.75) is 19.4 Å². The Bertz CT molecular complexity index is 669. The zero-order valence-corrected chi connectivity index (χ0v) is 11.1. The van der Waals surface area contributed by atoms with Crippen LogP contribution >= 0.6 is 0 Å². The summed E-state index contributed by atoms with van der Waals surface area (Å²) in [6, 6.07) is 11.8. The molecule has 0 bridgehead atoms. The van der Waals surface area contributed by atoms with Crippen molar-refractivity contribution in [1.29, 1.82) is 0 Å². The number of hydrogen-bond acceptors (Lipinski definition) is 2. The van der Waals surface area contributed by atoms with E-state index in [2.05, 4.69) is 17.6 Å². The van der Waals surface area contributed by atoms with Crippen LogP contribution in [-0.4, -0.2) is 5.91 Å². The van der Waals surface area contributed by atoms with Gasteiger partial charge in [0.15, 0.2) is 0 Å². The van der Waals surface area contributed by atoms with Gasteiger partial charge in [-0.2, -0.15) is 0 Å². The van der Waals surface area contributed by atoms with Crippen molar-refractivity contribution in [1.82, 2.24) is 0 Å². The third-order valence-electron chi connectivity index (χ3n) is 3.54. The Kier molecular flexibility index (Phi) is 3.14. The molecule has 1 atom stereocenters. The van der Waals surface area contributed by atoms with E-state index >= 15 is 0 Å². The van der Waals surface area contributed by atoms with Crippen LogP contribution in [0.2, 0.25) is 0 Å². The molecular weight excluding hydrogens is 255 g/mol. The number of amides is 1. The molecule has 3 rings (SSSR count). The highest BCUT2D eigenvalue weighted by Gasteiger charge is 2.30. The number of anilines is 2. The van der Waals surface area contributed by atoms with E-state index in [9.17, 15) is 9.18 Å². The zero-order chi connectivity index (χ0) is 14.1. The van der Waals surface area contributed by atoms with E-state index in [1.54, 1.807) is 6.07 Å². The van der Waals surface area contributed by atoms with Gasteiger partial charge in [0, 0.05) is 16.9 Å². The van der Waals surface area contributed by atoms with Crippen LogP contribution in [0.25, 0.3) is 0 Å². The Morgan fingerprint density at radius 1 is 1.25 bits per heavy atom. The fourth-order valence-corrected chi connectivity index (χ4v) is 2.50. The lowest BCUT2D eigenvalue weighted by Crippen LogP contribution is -2.20. The predicted molar refractivity (Wildman–Crippen MR) is 77.2 cm³/mol. The van der Waals surface area contributed by atoms with E-state index < -0.39 is 6.04 Å². The average Bonchev–Trinajstić information content (AvgIpc) is 2.75. The van der Waals surface area contributed by atoms with Gasteiger partial charge in [0.1, 0.15) is 11.9 Å². The fourth-order valence-electron chi connectivity index (χ4n) is 2.50. The number of hydrogen-bond donors (Lipinski definition) is 2. The highest BCUT2D eigenvalue weighted by molar-refractivity contribution is 6.04. The van der Waals surface area contributed by atoms with Gasteiger partial charge in [0.05, 0.1) is 0 Å². The molecule has 0 saturated heterocycles. The number of benzene rings is 2. The van der Waals surface area contributed by atoms with Crippen LogP contribution < -0.4 is 10.6 Å². The van der Waals surface area contributed by atoms with Crippen LogP contribution in [0.5, 0.6) is 0 Å². The summed E-state index contributed by atoms with van der Waals surface area (Å²) in [5.74, 6) is -0.504. The first-order chi connectivity index (χ1) is 9.69. The van der Waals surface area contributed by atoms with E-state index in [4.69, 9.17) is 0 Å². The quantitative estimate of drug-likeness (QED) is 0.896. The van der Waals surface area contributed by atoms with Crippen molar-refractivity contribution in [2.75, 3.05) is 10.6 Å². The van der Waals surface area contributed by atoms with Gasteiger partial charge in [-0.1, -0.05) is 31.2 Å². The maximum Gasteiger partial charge on any atom is 0.251 e. The molecule has 2 aromatic rings. The number of rotatable bonds is 3. The molecule has 0 spiro atoms. The molecule has 1 aliphatic heterocycles. The lowest BCUT2D eigenvalue weighted by Gasteiger charge is -2.16. The van der Waals surface area contributed by atoms with Gasteiger partial charge in [-0.15, -0.1) is 0 Å². The highest BCUT2D eigenvalue weighted by Crippen LogP contribution is 2.34. The Labute approximate surface area is 116 Å². The Hall–Kier alpha value is -2.36. The molecule has 2 N–H and O–H groups in total. The molecule has 1 heterocycles. The van der Waals surface area contributed by atoms with E-state index in [0.717, 1.165) is 23.2 Å². The van der Waals surface area contributed by atoms with Crippen molar-refractivity contribution in [2.24, 2.45) is 0 Å². The van der Waals surface area contributed by atoms with Gasteiger partial charge in [0.2, 0.25) is 0 Å². The molecule has 1 amide bonds. The monoisotopic (exact) mass is 270 g/mol. The van der Waals surface area contributed by atoms with Crippen molar-refractivity contribution >= 4 is 17.3 Å². The number of aryl methyl sites for hydroxylation is 1. The van der Waals surface area contributed by atoms with E-state index in [-0.39, 0.29) is 11.7 Å². The van der Waals surface area contributed by atoms with Gasteiger partial charge >= 0.3 is 0 Å². The predicted octanol–water partition coefficient (Wildman–Crippen LogP) is 3.49. The fraction of sp³-hybridized carbons (Fsp3) is 0.188. The summed E-state index contributed by atoms with van der Waals surface area (Å²) in [4.78, 5) is 12.1. The van der Waals surface area contributed by atoms with Gasteiger partial charge in [0.25, 0.3) is 5.91 Å². The largest absolute Gasteiger partial charge is 0.370 e. The van der Waals surface area contributed by atoms with Crippen LogP contribution in [-0.2, 0) is 11.2 Å². The van der Waals surface area contributed by atoms with E-state index in [1.807, 2.05) is 24.3 Å². The second-order valence-corrected chi connectivity index (χ2v) is 4.81. The number of fused-ring (bicyclic) bond motifs is 1. The smallest absolute Gasteiger partial charge is 0.251 e. The van der Waals surface area contributed by atoms with Crippen LogP contribution in [0.4, 0.5) is 15.8 Å². The first kappa shape index (κ1) is 12.7. The van der Waals surface area contributed by atoms with E-state index in [1.165, 1.54) is 12.1 Å². The average molecular weight is 270 g/mol. The van der Waals surface area contributed by atoms with Gasteiger partial charge in [-0.3, -0.25) is 4.79 Å². The number of halogens is 1. The maximum absolute atomic E-state index is 13.2. The minimum Gasteiger partial charge on any atom is -0.370 e. The molecule has 2 aromatic carbocycles. The minimum atomic E-state index is -0.474. The Morgan fingerprint density at radius 3 is 2.85 bits per heavy atom. The molecule has 1 aliphatic rings. The molecule has 0 fully saturated rings. The van der Waals surface area contributed by atoms with Crippen molar-refractivity contribution < 1.29 is 9.18 Å². The number of para-hydroxylation sites is 1. The number of carbonyl (C=O) groups excluding carboxylic acids is 1. The van der Waals surface area contributed by atoms with Gasteiger partial charge in [-0.05, 0) is 30.2 Å². The number of nitrogens with one attached hydrogen (secondary N) is 2. The van der Waals surface area contributed by atoms with Crippen LogP contribution in [0, 0.1) is 5.82 Å². The summed E-state index contributed by atoms with van der Waals surface area (Å²) in [7, 11) is 0. The SMILES string of the molecule is CCc1ccccc1NC1C(=O)Nc2cc(F)ccc21. The Morgan fingerprint density at radius 2 is 2.05 bits per heavy atom. The second-order valence-electron chi connectivity index (χ2n) is 4.81. The molecule has 0 saturated carbocycles. The lowest BCUT2D eigenvalue weighted by molar-refractivity contribution is -0.116. The first-order valence-corrected chi connectivity index (χ1v) is 6.64. The van der Waals surface area contributed by atoms with Crippen molar-refractivity contribution in [3.63, 3.8) is 0 Å². The number of carbonyl (C=O) groups is 1. The molecule has 102 valence electrons. The van der Waals surface area contributed by atoms with Crippen molar-refractivity contribution in [3.8, 4) is 0 Å². The van der Waals surface area contributed by atoms with Crippen LogP contribution in [0.15, 0.2) is 42.5 Å². The molecule has 4 heteroatoms. The summed E-state index contributed by atoms with van der Waals surface area (Å²) in [5, 5.41) is 5.96. The Balaban J connectivity index is 1.94. The molecule has 0 radical (unpaired) electrons. The maximum atomic E-state index is 13.2. The van der Waals surface area contributed by atoms with Crippen molar-refractivity contribution in [3.05, 3.63) is 59.4 Å². The third-order valence-corrected chi connectivity index (χ3v) is 3.54. The highest BCUT2D eigenvalue weighted by atomic mass is 19.1. The normalized spacial score (nSPS) is 16.7. The zero-order valence-electron chi connectivity index (χ0n) is 11.1. The molecule has 0 aromatic heterocycles. The summed E-state index contributed by atoms with van der Waals surface area (Å²) >= 11 is 0. The lowest BCUT2D eigenvalue weighted by atomic mass is 10.1. The van der Waals surface area contributed by atoms with Gasteiger partial charge < -0.3 is 10.6 Å².